The number of methoxy groups -OCH3 is 1. The van der Waals surface area contributed by atoms with Gasteiger partial charge in [-0.25, -0.2) is 0 Å². The van der Waals surface area contributed by atoms with E-state index in [0.29, 0.717) is 31.5 Å². The van der Waals surface area contributed by atoms with Gasteiger partial charge in [-0.05, 0) is 30.5 Å². The van der Waals surface area contributed by atoms with Crippen LogP contribution in [0.4, 0.5) is 0 Å². The minimum absolute atomic E-state index is 0.193. The van der Waals surface area contributed by atoms with E-state index in [-0.39, 0.29) is 6.61 Å². The molecule has 1 heterocycles. The Balaban J connectivity index is 1.78. The third kappa shape index (κ3) is 3.90. The lowest BCUT2D eigenvalue weighted by atomic mass is 9.94. The predicted molar refractivity (Wildman–Crippen MR) is 88.4 cm³/mol. The Morgan fingerprint density at radius 2 is 1.96 bits per heavy atom. The molecule has 0 spiro atoms. The van der Waals surface area contributed by atoms with Crippen molar-refractivity contribution in [3.63, 3.8) is 0 Å². The van der Waals surface area contributed by atoms with Crippen molar-refractivity contribution in [1.82, 2.24) is 4.90 Å². The number of fused-ring (bicyclic) bond motifs is 1. The maximum Gasteiger partial charge on any atom is 0.203 e. The maximum absolute atomic E-state index is 9.43. The van der Waals surface area contributed by atoms with E-state index < -0.39 is 0 Å². The van der Waals surface area contributed by atoms with E-state index in [0.717, 1.165) is 23.6 Å². The largest absolute Gasteiger partial charge is 0.493 e. The summed E-state index contributed by atoms with van der Waals surface area (Å²) in [6.07, 6.45) is 6.36. The summed E-state index contributed by atoms with van der Waals surface area (Å²) in [7, 11) is 1.66. The van der Waals surface area contributed by atoms with Crippen LogP contribution in [-0.2, 0) is 6.54 Å². The Morgan fingerprint density at radius 1 is 1.17 bits per heavy atom. The maximum atomic E-state index is 9.43. The van der Waals surface area contributed by atoms with Gasteiger partial charge in [-0.15, -0.1) is 0 Å². The number of aliphatic hydroxyl groups excluding tert-OH is 1. The highest BCUT2D eigenvalue weighted by atomic mass is 16.6. The van der Waals surface area contributed by atoms with Crippen molar-refractivity contribution in [1.29, 1.82) is 0 Å². The van der Waals surface area contributed by atoms with E-state index in [1.165, 1.54) is 32.1 Å². The Hall–Kier alpha value is -1.46. The first-order valence-electron chi connectivity index (χ1n) is 8.63. The van der Waals surface area contributed by atoms with Gasteiger partial charge >= 0.3 is 0 Å². The van der Waals surface area contributed by atoms with Gasteiger partial charge in [-0.1, -0.05) is 19.3 Å². The number of aliphatic hydroxyl groups is 1. The lowest BCUT2D eigenvalue weighted by Gasteiger charge is -2.34. The van der Waals surface area contributed by atoms with Gasteiger partial charge in [0.15, 0.2) is 11.5 Å². The summed E-state index contributed by atoms with van der Waals surface area (Å²) in [5, 5.41) is 9.43. The molecule has 0 saturated heterocycles. The second-order valence-electron chi connectivity index (χ2n) is 6.31. The summed E-state index contributed by atoms with van der Waals surface area (Å²) in [4.78, 5) is 2.39. The normalized spacial score (nSPS) is 18.2. The molecule has 1 N–H and O–H groups in total. The summed E-state index contributed by atoms with van der Waals surface area (Å²) in [6.45, 7) is 2.84. The fourth-order valence-corrected chi connectivity index (χ4v) is 3.62. The number of benzene rings is 1. The fourth-order valence-electron chi connectivity index (χ4n) is 3.62. The van der Waals surface area contributed by atoms with Gasteiger partial charge in [0.25, 0.3) is 0 Å². The summed E-state index contributed by atoms with van der Waals surface area (Å²) in [6, 6.07) is 4.64. The van der Waals surface area contributed by atoms with Crippen LogP contribution in [0.5, 0.6) is 17.2 Å². The van der Waals surface area contributed by atoms with Crippen molar-refractivity contribution in [2.24, 2.45) is 0 Å². The van der Waals surface area contributed by atoms with Gasteiger partial charge in [0.1, 0.15) is 13.2 Å². The van der Waals surface area contributed by atoms with Crippen molar-refractivity contribution in [3.05, 3.63) is 17.7 Å². The minimum atomic E-state index is 0.193. The molecule has 1 aromatic rings. The SMILES string of the molecule is COc1cc(CN(CCO)C2CCCCC2)cc2c1OCCO2. The van der Waals surface area contributed by atoms with Crippen LogP contribution >= 0.6 is 0 Å². The van der Waals surface area contributed by atoms with Gasteiger partial charge in [0.05, 0.1) is 13.7 Å². The molecule has 23 heavy (non-hydrogen) atoms. The summed E-state index contributed by atoms with van der Waals surface area (Å²) < 4.78 is 16.9. The van der Waals surface area contributed by atoms with E-state index in [1.54, 1.807) is 7.11 Å². The first-order chi connectivity index (χ1) is 11.3. The van der Waals surface area contributed by atoms with E-state index in [2.05, 4.69) is 4.90 Å². The second kappa shape index (κ2) is 7.88. The quantitative estimate of drug-likeness (QED) is 0.873. The van der Waals surface area contributed by atoms with E-state index in [4.69, 9.17) is 14.2 Å². The second-order valence-corrected chi connectivity index (χ2v) is 6.31. The van der Waals surface area contributed by atoms with Crippen LogP contribution in [0, 0.1) is 0 Å². The topological polar surface area (TPSA) is 51.2 Å². The molecule has 0 bridgehead atoms. The van der Waals surface area contributed by atoms with Gasteiger partial charge < -0.3 is 19.3 Å². The van der Waals surface area contributed by atoms with Gasteiger partial charge in [0.2, 0.25) is 5.75 Å². The minimum Gasteiger partial charge on any atom is -0.493 e. The van der Waals surface area contributed by atoms with Crippen LogP contribution in [0.15, 0.2) is 12.1 Å². The lowest BCUT2D eigenvalue weighted by Crippen LogP contribution is -2.38. The molecule has 0 atom stereocenters. The van der Waals surface area contributed by atoms with Crippen molar-refractivity contribution in [3.8, 4) is 17.2 Å². The number of rotatable bonds is 6. The van der Waals surface area contributed by atoms with E-state index >= 15 is 0 Å². The molecule has 0 aromatic heterocycles. The molecule has 1 aliphatic heterocycles. The monoisotopic (exact) mass is 321 g/mol. The van der Waals surface area contributed by atoms with Crippen LogP contribution < -0.4 is 14.2 Å². The zero-order valence-corrected chi connectivity index (χ0v) is 13.9. The molecule has 5 heteroatoms. The number of nitrogens with zero attached hydrogens (tertiary/aromatic N) is 1. The highest BCUT2D eigenvalue weighted by Crippen LogP contribution is 2.40. The first kappa shape index (κ1) is 16.4. The molecule has 0 amide bonds. The summed E-state index contributed by atoms with van der Waals surface area (Å²) >= 11 is 0. The smallest absolute Gasteiger partial charge is 0.203 e. The van der Waals surface area contributed by atoms with Crippen molar-refractivity contribution in [2.45, 2.75) is 44.7 Å². The van der Waals surface area contributed by atoms with Crippen LogP contribution in [0.3, 0.4) is 0 Å². The van der Waals surface area contributed by atoms with Crippen molar-refractivity contribution in [2.75, 3.05) is 33.5 Å². The molecule has 5 nitrogen and oxygen atoms in total. The first-order valence-corrected chi connectivity index (χ1v) is 8.63. The van der Waals surface area contributed by atoms with E-state index in [1.807, 2.05) is 12.1 Å². The molecule has 1 saturated carbocycles. The lowest BCUT2D eigenvalue weighted by molar-refractivity contribution is 0.116. The average Bonchev–Trinajstić information content (AvgIpc) is 2.61. The molecular formula is C18H27NO4. The molecule has 1 aromatic carbocycles. The Morgan fingerprint density at radius 3 is 2.70 bits per heavy atom. The number of hydrogen-bond donors (Lipinski definition) is 1. The molecule has 0 radical (unpaired) electrons. The van der Waals surface area contributed by atoms with Gasteiger partial charge in [-0.2, -0.15) is 0 Å². The van der Waals surface area contributed by atoms with Crippen LogP contribution in [-0.4, -0.2) is 49.5 Å². The van der Waals surface area contributed by atoms with Crippen molar-refractivity contribution < 1.29 is 19.3 Å². The van der Waals surface area contributed by atoms with Gasteiger partial charge in [-0.3, -0.25) is 4.90 Å². The average molecular weight is 321 g/mol. The zero-order chi connectivity index (χ0) is 16.1. The fraction of sp³-hybridized carbons (Fsp3) is 0.667. The highest BCUT2D eigenvalue weighted by Gasteiger charge is 2.23. The molecule has 128 valence electrons. The Bertz CT molecular complexity index is 497. The van der Waals surface area contributed by atoms with E-state index in [9.17, 15) is 5.11 Å². The van der Waals surface area contributed by atoms with Crippen molar-refractivity contribution >= 4 is 0 Å². The molecule has 1 aliphatic carbocycles. The van der Waals surface area contributed by atoms with Gasteiger partial charge in [0, 0.05) is 19.1 Å². The predicted octanol–water partition coefficient (Wildman–Crippen LogP) is 2.59. The Kier molecular flexibility index (Phi) is 5.62. The standard InChI is InChI=1S/C18H27NO4/c1-21-16-11-14(12-17-18(16)23-10-9-22-17)13-19(7-8-20)15-5-3-2-4-6-15/h11-12,15,20H,2-10,13H2,1H3. The summed E-state index contributed by atoms with van der Waals surface area (Å²) in [5.74, 6) is 2.19. The van der Waals surface area contributed by atoms with Crippen LogP contribution in [0.1, 0.15) is 37.7 Å². The number of ether oxygens (including phenoxy) is 3. The van der Waals surface area contributed by atoms with Crippen LogP contribution in [0.25, 0.3) is 0 Å². The Labute approximate surface area is 138 Å². The number of hydrogen-bond acceptors (Lipinski definition) is 5. The third-order valence-electron chi connectivity index (χ3n) is 4.75. The third-order valence-corrected chi connectivity index (χ3v) is 4.75. The summed E-state index contributed by atoms with van der Waals surface area (Å²) in [5.41, 5.74) is 1.14. The molecule has 2 aliphatic rings. The van der Waals surface area contributed by atoms with Crippen LogP contribution in [0.2, 0.25) is 0 Å². The highest BCUT2D eigenvalue weighted by molar-refractivity contribution is 5.54. The molecule has 0 unspecified atom stereocenters. The molecule has 3 rings (SSSR count). The zero-order valence-electron chi connectivity index (χ0n) is 13.9. The molecule has 1 fully saturated rings. The molecular weight excluding hydrogens is 294 g/mol.